The lowest BCUT2D eigenvalue weighted by Gasteiger charge is -2.16. The third-order valence-electron chi connectivity index (χ3n) is 10.2. The van der Waals surface area contributed by atoms with Crippen LogP contribution >= 0.6 is 0 Å². The van der Waals surface area contributed by atoms with Gasteiger partial charge in [0.05, 0.1) is 16.7 Å². The lowest BCUT2D eigenvalue weighted by atomic mass is 9.89. The van der Waals surface area contributed by atoms with Gasteiger partial charge < -0.3 is 9.13 Å². The van der Waals surface area contributed by atoms with Crippen molar-refractivity contribution >= 4 is 32.7 Å². The molecule has 0 radical (unpaired) electrons. The summed E-state index contributed by atoms with van der Waals surface area (Å²) in [5.74, 6) is 1.22. The van der Waals surface area contributed by atoms with Gasteiger partial charge in [0, 0.05) is 52.2 Å². The Balaban J connectivity index is 1.27. The molecule has 0 N–H and O–H groups in total. The molecule has 0 aliphatic heterocycles. The van der Waals surface area contributed by atoms with Crippen molar-refractivity contribution in [2.45, 2.75) is 117 Å². The van der Waals surface area contributed by atoms with Gasteiger partial charge in [-0.3, -0.25) is 4.68 Å². The maximum atomic E-state index is 5.12. The molecule has 0 bridgehead atoms. The molecule has 3 heterocycles. The predicted octanol–water partition coefficient (Wildman–Crippen LogP) is 11.3. The largest absolute Gasteiger partial charge is 0.345 e. The molecule has 0 spiro atoms. The van der Waals surface area contributed by atoms with Crippen molar-refractivity contribution in [3.63, 3.8) is 0 Å². The maximum Gasteiger partial charge on any atom is 0.0728 e. The summed E-state index contributed by atoms with van der Waals surface area (Å²) in [6, 6.07) is 24.3. The third kappa shape index (κ3) is 5.20. The fourth-order valence-corrected chi connectivity index (χ4v) is 7.80. The second kappa shape index (κ2) is 11.5. The molecule has 4 heteroatoms. The van der Waals surface area contributed by atoms with Gasteiger partial charge in [-0.1, -0.05) is 82.3 Å². The van der Waals surface area contributed by atoms with Crippen molar-refractivity contribution in [1.82, 2.24) is 18.9 Å². The van der Waals surface area contributed by atoms with Crippen molar-refractivity contribution in [2.24, 2.45) is 0 Å². The third-order valence-corrected chi connectivity index (χ3v) is 10.2. The van der Waals surface area contributed by atoms with Crippen LogP contribution in [0.3, 0.4) is 0 Å². The number of para-hydroxylation sites is 3. The van der Waals surface area contributed by atoms with Crippen LogP contribution in [0.2, 0.25) is 0 Å². The summed E-state index contributed by atoms with van der Waals surface area (Å²) >= 11 is 0. The molecule has 4 nitrogen and oxygen atoms in total. The first-order chi connectivity index (χ1) is 21.6. The number of benzene rings is 3. The Hall–Kier alpha value is -3.79. The minimum Gasteiger partial charge on any atom is -0.345 e. The molecule has 2 unspecified atom stereocenters. The normalized spacial score (nSPS) is 15.4. The van der Waals surface area contributed by atoms with Gasteiger partial charge >= 0.3 is 0 Å². The van der Waals surface area contributed by atoms with E-state index in [4.69, 9.17) is 5.10 Å². The van der Waals surface area contributed by atoms with Crippen LogP contribution in [0.5, 0.6) is 0 Å². The first-order valence-corrected chi connectivity index (χ1v) is 17.4. The summed E-state index contributed by atoms with van der Waals surface area (Å²) in [5, 5.41) is 9.28. The molecule has 2 atom stereocenters. The molecule has 45 heavy (non-hydrogen) atoms. The van der Waals surface area contributed by atoms with Gasteiger partial charge in [0.2, 0.25) is 0 Å². The first kappa shape index (κ1) is 29.9. The molecule has 7 rings (SSSR count). The second-order valence-corrected chi connectivity index (χ2v) is 14.7. The summed E-state index contributed by atoms with van der Waals surface area (Å²) in [7, 11) is 0. The van der Waals surface area contributed by atoms with Gasteiger partial charge in [0.25, 0.3) is 0 Å². The van der Waals surface area contributed by atoms with Gasteiger partial charge in [0.15, 0.2) is 0 Å². The Morgan fingerprint density at radius 3 is 1.87 bits per heavy atom. The molecule has 1 fully saturated rings. The zero-order valence-corrected chi connectivity index (χ0v) is 28.5. The Labute approximate surface area is 269 Å². The van der Waals surface area contributed by atoms with Crippen molar-refractivity contribution in [3.05, 3.63) is 101 Å². The van der Waals surface area contributed by atoms with Gasteiger partial charge in [0.1, 0.15) is 0 Å². The fraction of sp³-hybridized carbons (Fsp3) is 0.439. The molecule has 0 saturated heterocycles. The molecule has 3 aromatic heterocycles. The molecule has 234 valence electrons. The lowest BCUT2D eigenvalue weighted by molar-refractivity contribution is 0.537. The average molecular weight is 599 g/mol. The molecule has 1 saturated carbocycles. The lowest BCUT2D eigenvalue weighted by Crippen LogP contribution is -2.06. The van der Waals surface area contributed by atoms with E-state index in [9.17, 15) is 0 Å². The summed E-state index contributed by atoms with van der Waals surface area (Å²) < 4.78 is 7.37. The number of aromatic nitrogens is 4. The highest BCUT2D eigenvalue weighted by molar-refractivity contribution is 5.89. The zero-order chi connectivity index (χ0) is 31.6. The highest BCUT2D eigenvalue weighted by Crippen LogP contribution is 2.43. The van der Waals surface area contributed by atoms with Gasteiger partial charge in [-0.05, 0) is 99.5 Å². The number of fused-ring (bicyclic) bond motifs is 3. The Morgan fingerprint density at radius 2 is 1.24 bits per heavy atom. The van der Waals surface area contributed by atoms with Crippen LogP contribution in [0.1, 0.15) is 132 Å². The SMILES string of the molecule is CC(C)c1nn(C(C)C)c2c(CC(C)c3cn(C4CC4)c4c(CC(C)c5cn(C(C)C)c6ccccc56)cccc34)cccc12. The van der Waals surface area contributed by atoms with Crippen LogP contribution < -0.4 is 0 Å². The Kier molecular flexibility index (Phi) is 7.66. The van der Waals surface area contributed by atoms with Crippen LogP contribution in [0.4, 0.5) is 0 Å². The molecule has 1 aliphatic carbocycles. The van der Waals surface area contributed by atoms with E-state index in [0.29, 0.717) is 35.9 Å². The molecular weight excluding hydrogens is 548 g/mol. The molecule has 0 amide bonds. The highest BCUT2D eigenvalue weighted by Gasteiger charge is 2.29. The molecule has 6 aromatic rings. The summed E-state index contributed by atoms with van der Waals surface area (Å²) in [6.07, 6.45) is 9.56. The molecule has 1 aliphatic rings. The number of rotatable bonds is 10. The van der Waals surface area contributed by atoms with E-state index in [1.807, 2.05) is 0 Å². The molecule has 3 aromatic carbocycles. The van der Waals surface area contributed by atoms with Crippen LogP contribution in [-0.2, 0) is 12.8 Å². The summed E-state index contributed by atoms with van der Waals surface area (Å²) in [4.78, 5) is 0. The van der Waals surface area contributed by atoms with Crippen LogP contribution in [-0.4, -0.2) is 18.9 Å². The average Bonchev–Trinajstić information content (AvgIpc) is 3.48. The predicted molar refractivity (Wildman–Crippen MR) is 191 cm³/mol. The number of nitrogens with zero attached hydrogens (tertiary/aromatic N) is 4. The standard InChI is InChI=1S/C41H50N4/c1-25(2)39-35-17-12-14-31(41(35)45(42-39)27(5)6)22-29(8)37-24-44(32-19-20-32)40-30(13-11-16-34(37)40)21-28(7)36-23-43(26(3)4)38-18-10-9-15-33(36)38/h9-18,23-29,32H,19-22H2,1-8H3. The van der Waals surface area contributed by atoms with Crippen molar-refractivity contribution in [2.75, 3.05) is 0 Å². The quantitative estimate of drug-likeness (QED) is 0.154. The van der Waals surface area contributed by atoms with E-state index in [2.05, 4.69) is 142 Å². The van der Waals surface area contributed by atoms with Crippen molar-refractivity contribution in [3.8, 4) is 0 Å². The van der Waals surface area contributed by atoms with Crippen LogP contribution in [0, 0.1) is 0 Å². The Morgan fingerprint density at radius 1 is 0.644 bits per heavy atom. The highest BCUT2D eigenvalue weighted by atomic mass is 15.3. The Bertz CT molecular complexity index is 1990. The van der Waals surface area contributed by atoms with Crippen LogP contribution in [0.15, 0.2) is 73.1 Å². The molecular formula is C41H50N4. The van der Waals surface area contributed by atoms with E-state index in [1.165, 1.54) is 73.5 Å². The fourth-order valence-electron chi connectivity index (χ4n) is 7.80. The van der Waals surface area contributed by atoms with Crippen molar-refractivity contribution < 1.29 is 0 Å². The van der Waals surface area contributed by atoms with E-state index in [1.54, 1.807) is 0 Å². The second-order valence-electron chi connectivity index (χ2n) is 14.7. The van der Waals surface area contributed by atoms with Crippen LogP contribution in [0.25, 0.3) is 32.7 Å². The smallest absolute Gasteiger partial charge is 0.0728 e. The van der Waals surface area contributed by atoms with Gasteiger partial charge in [-0.25, -0.2) is 0 Å². The van der Waals surface area contributed by atoms with Gasteiger partial charge in [-0.15, -0.1) is 0 Å². The van der Waals surface area contributed by atoms with Gasteiger partial charge in [-0.2, -0.15) is 5.10 Å². The number of hydrogen-bond donors (Lipinski definition) is 0. The first-order valence-electron chi connectivity index (χ1n) is 17.4. The topological polar surface area (TPSA) is 27.7 Å². The van der Waals surface area contributed by atoms with E-state index in [-0.39, 0.29) is 0 Å². The van der Waals surface area contributed by atoms with E-state index >= 15 is 0 Å². The van der Waals surface area contributed by atoms with E-state index < -0.39 is 0 Å². The number of hydrogen-bond acceptors (Lipinski definition) is 1. The minimum atomic E-state index is 0.326. The zero-order valence-electron chi connectivity index (χ0n) is 28.5. The maximum absolute atomic E-state index is 5.12. The van der Waals surface area contributed by atoms with Crippen molar-refractivity contribution in [1.29, 1.82) is 0 Å². The minimum absolute atomic E-state index is 0.326. The summed E-state index contributed by atoms with van der Waals surface area (Å²) in [5.41, 5.74) is 11.2. The summed E-state index contributed by atoms with van der Waals surface area (Å²) in [6.45, 7) is 18.4. The van der Waals surface area contributed by atoms with E-state index in [0.717, 1.165) is 12.8 Å². The monoisotopic (exact) mass is 598 g/mol.